The van der Waals surface area contributed by atoms with Gasteiger partial charge in [0.05, 0.1) is 0 Å². The number of guanidine groups is 1. The summed E-state index contributed by atoms with van der Waals surface area (Å²) in [7, 11) is 5.32. The molecule has 0 saturated carbocycles. The van der Waals surface area contributed by atoms with Gasteiger partial charge in [0.25, 0.3) is 5.91 Å². The van der Waals surface area contributed by atoms with Crippen molar-refractivity contribution in [2.45, 2.75) is 32.6 Å². The van der Waals surface area contributed by atoms with Gasteiger partial charge in [-0.1, -0.05) is 55.8 Å². The van der Waals surface area contributed by atoms with Gasteiger partial charge < -0.3 is 15.5 Å². The highest BCUT2D eigenvalue weighted by Gasteiger charge is 2.20. The monoisotopic (exact) mass is 394 g/mol. The van der Waals surface area contributed by atoms with Crippen LogP contribution in [0, 0.1) is 6.92 Å². The molecule has 0 spiro atoms. The molecule has 2 aromatic rings. The summed E-state index contributed by atoms with van der Waals surface area (Å²) in [4.78, 5) is 18.0. The molecule has 5 heteroatoms. The first-order chi connectivity index (χ1) is 13.7. The lowest BCUT2D eigenvalue weighted by Gasteiger charge is -2.27. The van der Waals surface area contributed by atoms with Crippen molar-refractivity contribution < 1.29 is 4.79 Å². The number of amides is 1. The van der Waals surface area contributed by atoms with Gasteiger partial charge in [0.15, 0.2) is 5.96 Å². The lowest BCUT2D eigenvalue weighted by molar-refractivity contribution is 0.0827. The number of aryl methyl sites for hydroxylation is 1. The molecule has 2 rings (SSSR count). The number of hydrogen-bond acceptors (Lipinski definition) is 2. The molecular formula is C24H34N4O. The van der Waals surface area contributed by atoms with Crippen molar-refractivity contribution in [2.75, 3.05) is 34.2 Å². The lowest BCUT2D eigenvalue weighted by Crippen LogP contribution is -2.44. The van der Waals surface area contributed by atoms with Crippen molar-refractivity contribution in [3.63, 3.8) is 0 Å². The first-order valence-electron chi connectivity index (χ1n) is 10.0. The maximum absolute atomic E-state index is 12.1. The molecule has 0 atom stereocenters. The van der Waals surface area contributed by atoms with E-state index in [4.69, 9.17) is 0 Å². The van der Waals surface area contributed by atoms with Gasteiger partial charge in [-0.3, -0.25) is 9.79 Å². The van der Waals surface area contributed by atoms with Crippen molar-refractivity contribution in [3.8, 4) is 0 Å². The van der Waals surface area contributed by atoms with E-state index in [-0.39, 0.29) is 11.3 Å². The molecule has 0 bridgehead atoms. The van der Waals surface area contributed by atoms with E-state index in [0.29, 0.717) is 0 Å². The number of nitrogens with one attached hydrogen (secondary N) is 2. The Balaban J connectivity index is 1.87. The fourth-order valence-corrected chi connectivity index (χ4v) is 3.08. The molecule has 0 heterocycles. The molecule has 5 nitrogen and oxygen atoms in total. The van der Waals surface area contributed by atoms with Gasteiger partial charge in [-0.05, 0) is 36.6 Å². The van der Waals surface area contributed by atoms with Gasteiger partial charge in [0.2, 0.25) is 0 Å². The predicted octanol–water partition coefficient (Wildman–Crippen LogP) is 3.38. The van der Waals surface area contributed by atoms with Gasteiger partial charge in [-0.2, -0.15) is 0 Å². The molecule has 2 N–H and O–H groups in total. The van der Waals surface area contributed by atoms with Gasteiger partial charge in [-0.25, -0.2) is 0 Å². The van der Waals surface area contributed by atoms with Crippen LogP contribution >= 0.6 is 0 Å². The Morgan fingerprint density at radius 3 is 2.38 bits per heavy atom. The number of hydrogen-bond donors (Lipinski definition) is 2. The van der Waals surface area contributed by atoms with E-state index in [2.05, 4.69) is 60.7 Å². The zero-order valence-corrected chi connectivity index (χ0v) is 18.5. The zero-order valence-electron chi connectivity index (χ0n) is 18.5. The Kier molecular flexibility index (Phi) is 7.82. The second-order valence-corrected chi connectivity index (χ2v) is 8.25. The van der Waals surface area contributed by atoms with Crippen LogP contribution in [0.4, 0.5) is 0 Å². The summed E-state index contributed by atoms with van der Waals surface area (Å²) < 4.78 is 0. The number of rotatable bonds is 7. The van der Waals surface area contributed by atoms with E-state index in [1.807, 2.05) is 24.3 Å². The number of carbonyl (C=O) groups excluding carboxylic acids is 1. The first kappa shape index (κ1) is 22.5. The fraction of sp³-hybridized carbons (Fsp3) is 0.417. The van der Waals surface area contributed by atoms with Crippen molar-refractivity contribution >= 4 is 11.9 Å². The van der Waals surface area contributed by atoms with Crippen LogP contribution in [0.15, 0.2) is 53.5 Å². The minimum absolute atomic E-state index is 0.00775. The minimum atomic E-state index is -0.00775. The molecule has 0 aromatic heterocycles. The summed E-state index contributed by atoms with van der Waals surface area (Å²) in [5, 5.41) is 6.80. The molecule has 156 valence electrons. The van der Waals surface area contributed by atoms with Crippen LogP contribution in [0.5, 0.6) is 0 Å². The summed E-state index contributed by atoms with van der Waals surface area (Å²) in [5.41, 5.74) is 4.40. The SMILES string of the molecule is CN=C(NCCc1cccc(C(=O)N(C)C)c1)NCC(C)(C)c1ccc(C)cc1. The predicted molar refractivity (Wildman–Crippen MR) is 122 cm³/mol. The maximum atomic E-state index is 12.1. The van der Waals surface area contributed by atoms with Crippen LogP contribution in [0.1, 0.15) is 40.9 Å². The van der Waals surface area contributed by atoms with Crippen LogP contribution < -0.4 is 10.6 Å². The summed E-state index contributed by atoms with van der Waals surface area (Å²) >= 11 is 0. The third-order valence-electron chi connectivity index (χ3n) is 5.04. The number of carbonyl (C=O) groups is 1. The van der Waals surface area contributed by atoms with Crippen molar-refractivity contribution in [2.24, 2.45) is 4.99 Å². The van der Waals surface area contributed by atoms with E-state index in [1.165, 1.54) is 11.1 Å². The van der Waals surface area contributed by atoms with Gasteiger partial charge >= 0.3 is 0 Å². The van der Waals surface area contributed by atoms with Gasteiger partial charge in [-0.15, -0.1) is 0 Å². The Morgan fingerprint density at radius 2 is 1.76 bits per heavy atom. The Bertz CT molecular complexity index is 838. The van der Waals surface area contributed by atoms with Crippen molar-refractivity contribution in [1.82, 2.24) is 15.5 Å². The van der Waals surface area contributed by atoms with E-state index in [9.17, 15) is 4.79 Å². The zero-order chi connectivity index (χ0) is 21.4. The normalized spacial score (nSPS) is 11.9. The van der Waals surface area contributed by atoms with Crippen LogP contribution in [-0.4, -0.2) is 51.0 Å². The summed E-state index contributed by atoms with van der Waals surface area (Å²) in [6, 6.07) is 16.5. The first-order valence-corrected chi connectivity index (χ1v) is 10.0. The van der Waals surface area contributed by atoms with Crippen molar-refractivity contribution in [3.05, 3.63) is 70.8 Å². The third kappa shape index (κ3) is 6.63. The number of aliphatic imine (C=N–C) groups is 1. The molecule has 2 aromatic carbocycles. The molecule has 1 amide bonds. The maximum Gasteiger partial charge on any atom is 0.253 e. The van der Waals surface area contributed by atoms with E-state index < -0.39 is 0 Å². The van der Waals surface area contributed by atoms with Crippen LogP contribution in [0.25, 0.3) is 0 Å². The minimum Gasteiger partial charge on any atom is -0.356 e. The van der Waals surface area contributed by atoms with Gasteiger partial charge in [0.1, 0.15) is 0 Å². The van der Waals surface area contributed by atoms with Gasteiger partial charge in [0, 0.05) is 45.2 Å². The van der Waals surface area contributed by atoms with Crippen LogP contribution in [0.3, 0.4) is 0 Å². The Morgan fingerprint density at radius 1 is 1.07 bits per heavy atom. The highest BCUT2D eigenvalue weighted by atomic mass is 16.2. The second kappa shape index (κ2) is 10.1. The highest BCUT2D eigenvalue weighted by Crippen LogP contribution is 2.22. The average molecular weight is 395 g/mol. The highest BCUT2D eigenvalue weighted by molar-refractivity contribution is 5.94. The lowest BCUT2D eigenvalue weighted by atomic mass is 9.84. The third-order valence-corrected chi connectivity index (χ3v) is 5.04. The smallest absolute Gasteiger partial charge is 0.253 e. The topological polar surface area (TPSA) is 56.7 Å². The summed E-state index contributed by atoms with van der Waals surface area (Å²) in [6.07, 6.45) is 0.816. The number of benzene rings is 2. The molecule has 0 fully saturated rings. The Hall–Kier alpha value is -2.82. The molecule has 0 aliphatic rings. The summed E-state index contributed by atoms with van der Waals surface area (Å²) in [5.74, 6) is 0.807. The van der Waals surface area contributed by atoms with Crippen LogP contribution in [0.2, 0.25) is 0 Å². The molecular weight excluding hydrogens is 360 g/mol. The fourth-order valence-electron chi connectivity index (χ4n) is 3.08. The van der Waals surface area contributed by atoms with E-state index in [0.717, 1.165) is 36.6 Å². The molecule has 0 radical (unpaired) electrons. The molecule has 0 saturated heterocycles. The standard InChI is InChI=1S/C24H34N4O/c1-18-10-12-21(13-11-18)24(2,3)17-27-23(25-4)26-15-14-19-8-7-9-20(16-19)22(29)28(5)6/h7-13,16H,14-15,17H2,1-6H3,(H2,25,26,27). The summed E-state index contributed by atoms with van der Waals surface area (Å²) in [6.45, 7) is 8.08. The molecule has 0 aliphatic carbocycles. The second-order valence-electron chi connectivity index (χ2n) is 8.25. The van der Waals surface area contributed by atoms with Crippen LogP contribution in [-0.2, 0) is 11.8 Å². The van der Waals surface area contributed by atoms with E-state index in [1.54, 1.807) is 26.0 Å². The number of nitrogens with zero attached hydrogens (tertiary/aromatic N) is 2. The van der Waals surface area contributed by atoms with Crippen molar-refractivity contribution in [1.29, 1.82) is 0 Å². The molecule has 0 unspecified atom stereocenters. The largest absolute Gasteiger partial charge is 0.356 e. The quantitative estimate of drug-likeness (QED) is 0.559. The average Bonchev–Trinajstić information content (AvgIpc) is 2.70. The van der Waals surface area contributed by atoms with E-state index >= 15 is 0 Å². The molecule has 0 aliphatic heterocycles. The Labute approximate surface area is 175 Å². The molecule has 29 heavy (non-hydrogen) atoms.